The summed E-state index contributed by atoms with van der Waals surface area (Å²) in [5.74, 6) is 0.620. The van der Waals surface area contributed by atoms with Crippen LogP contribution in [0.1, 0.15) is 49.2 Å². The molecule has 0 radical (unpaired) electrons. The third kappa shape index (κ3) is 3.30. The molecule has 0 N–H and O–H groups in total. The van der Waals surface area contributed by atoms with E-state index in [1.807, 2.05) is 24.4 Å². The highest BCUT2D eigenvalue weighted by Crippen LogP contribution is 2.40. The van der Waals surface area contributed by atoms with Gasteiger partial charge < -0.3 is 14.0 Å². The van der Waals surface area contributed by atoms with E-state index < -0.39 is 5.41 Å². The molecule has 0 saturated heterocycles. The number of hydrogen-bond donors (Lipinski definition) is 0. The molecule has 3 aromatic rings. The number of ketones is 1. The number of esters is 1. The monoisotopic (exact) mass is 403 g/mol. The summed E-state index contributed by atoms with van der Waals surface area (Å²) < 4.78 is 13.7. The molecule has 1 aliphatic rings. The van der Waals surface area contributed by atoms with Gasteiger partial charge in [0.25, 0.3) is 0 Å². The second-order valence-corrected chi connectivity index (χ2v) is 8.53. The van der Waals surface area contributed by atoms with Crippen molar-refractivity contribution in [3.05, 3.63) is 65.0 Å². The van der Waals surface area contributed by atoms with Crippen LogP contribution in [0.2, 0.25) is 0 Å². The molecular weight excluding hydrogens is 378 g/mol. The number of fused-ring (bicyclic) bond motifs is 2. The molecule has 0 fully saturated rings. The van der Waals surface area contributed by atoms with Gasteiger partial charge in [0.15, 0.2) is 5.76 Å². The van der Waals surface area contributed by atoms with Crippen LogP contribution in [-0.4, -0.2) is 16.3 Å². The average Bonchev–Trinajstić information content (AvgIpc) is 3.22. The van der Waals surface area contributed by atoms with Crippen molar-refractivity contribution in [1.29, 1.82) is 0 Å². The summed E-state index contributed by atoms with van der Waals surface area (Å²) in [4.78, 5) is 25.2. The van der Waals surface area contributed by atoms with Gasteiger partial charge >= 0.3 is 5.97 Å². The first-order valence-corrected chi connectivity index (χ1v) is 10.1. The van der Waals surface area contributed by atoms with Crippen molar-refractivity contribution in [1.82, 2.24) is 4.57 Å². The number of hydrogen-bond acceptors (Lipinski definition) is 4. The average molecular weight is 403 g/mol. The molecule has 0 unspecified atom stereocenters. The Balaban J connectivity index is 1.71. The molecule has 0 spiro atoms. The quantitative estimate of drug-likeness (QED) is 0.327. The Labute approximate surface area is 175 Å². The summed E-state index contributed by atoms with van der Waals surface area (Å²) in [7, 11) is 0. The molecule has 2 aromatic carbocycles. The van der Waals surface area contributed by atoms with E-state index in [-0.39, 0.29) is 17.5 Å². The van der Waals surface area contributed by atoms with Gasteiger partial charge in [0, 0.05) is 34.8 Å². The first-order valence-electron chi connectivity index (χ1n) is 10.1. The summed E-state index contributed by atoms with van der Waals surface area (Å²) >= 11 is 0. The predicted octanol–water partition coefficient (Wildman–Crippen LogP) is 5.54. The predicted molar refractivity (Wildman–Crippen MR) is 117 cm³/mol. The lowest BCUT2D eigenvalue weighted by Gasteiger charge is -2.17. The zero-order valence-corrected chi connectivity index (χ0v) is 17.9. The Bertz CT molecular complexity index is 1210. The minimum absolute atomic E-state index is 0.171. The lowest BCUT2D eigenvalue weighted by atomic mass is 9.97. The number of rotatable bonds is 3. The molecule has 2 heterocycles. The minimum Gasteiger partial charge on any atom is -0.452 e. The van der Waals surface area contributed by atoms with Gasteiger partial charge in [0.05, 0.1) is 11.0 Å². The van der Waals surface area contributed by atoms with Crippen molar-refractivity contribution in [2.45, 2.75) is 41.2 Å². The fraction of sp³-hybridized carbons (Fsp3) is 0.280. The van der Waals surface area contributed by atoms with Gasteiger partial charge in [0.1, 0.15) is 11.5 Å². The van der Waals surface area contributed by atoms with E-state index in [0.717, 1.165) is 23.0 Å². The molecule has 30 heavy (non-hydrogen) atoms. The van der Waals surface area contributed by atoms with Crippen LogP contribution >= 0.6 is 0 Å². The van der Waals surface area contributed by atoms with Gasteiger partial charge in [-0.05, 0) is 58.9 Å². The number of Topliss-reactive ketones (excluding diaryl/α,β-unsaturated/α-hetero) is 1. The van der Waals surface area contributed by atoms with Gasteiger partial charge in [-0.2, -0.15) is 0 Å². The molecule has 1 aliphatic heterocycles. The van der Waals surface area contributed by atoms with Crippen LogP contribution in [-0.2, 0) is 11.3 Å². The van der Waals surface area contributed by atoms with Crippen LogP contribution in [0.3, 0.4) is 0 Å². The number of para-hydroxylation sites is 1. The van der Waals surface area contributed by atoms with E-state index in [4.69, 9.17) is 9.47 Å². The van der Waals surface area contributed by atoms with Crippen LogP contribution in [0.5, 0.6) is 11.5 Å². The molecule has 0 aliphatic carbocycles. The Morgan fingerprint density at radius 2 is 1.90 bits per heavy atom. The van der Waals surface area contributed by atoms with Crippen molar-refractivity contribution in [2.24, 2.45) is 5.41 Å². The van der Waals surface area contributed by atoms with Crippen molar-refractivity contribution in [2.75, 3.05) is 0 Å². The molecule has 5 heteroatoms. The number of aryl methyl sites for hydroxylation is 1. The number of carbonyl (C=O) groups excluding carboxylic acids is 2. The van der Waals surface area contributed by atoms with Gasteiger partial charge in [-0.3, -0.25) is 9.59 Å². The van der Waals surface area contributed by atoms with E-state index >= 15 is 0 Å². The molecule has 1 aromatic heterocycles. The smallest absolute Gasteiger partial charge is 0.316 e. The van der Waals surface area contributed by atoms with E-state index in [9.17, 15) is 9.59 Å². The van der Waals surface area contributed by atoms with Crippen LogP contribution in [0.25, 0.3) is 17.0 Å². The van der Waals surface area contributed by atoms with Gasteiger partial charge in [-0.1, -0.05) is 18.2 Å². The van der Waals surface area contributed by atoms with Gasteiger partial charge in [-0.15, -0.1) is 0 Å². The Morgan fingerprint density at radius 3 is 2.60 bits per heavy atom. The van der Waals surface area contributed by atoms with Crippen LogP contribution in [0.4, 0.5) is 0 Å². The summed E-state index contributed by atoms with van der Waals surface area (Å²) in [6.07, 6.45) is 3.82. The molecule has 4 rings (SSSR count). The number of benzene rings is 2. The number of nitrogens with zero attached hydrogens (tertiary/aromatic N) is 1. The molecule has 0 atom stereocenters. The zero-order valence-electron chi connectivity index (χ0n) is 17.9. The summed E-state index contributed by atoms with van der Waals surface area (Å²) in [6.45, 7) is 10.1. The molecule has 0 amide bonds. The number of aromatic nitrogens is 1. The number of ether oxygens (including phenoxy) is 2. The van der Waals surface area contributed by atoms with Crippen molar-refractivity contribution in [3.8, 4) is 11.5 Å². The van der Waals surface area contributed by atoms with Crippen molar-refractivity contribution >= 4 is 28.7 Å². The van der Waals surface area contributed by atoms with E-state index in [0.29, 0.717) is 22.6 Å². The Hall–Kier alpha value is -3.34. The van der Waals surface area contributed by atoms with Crippen molar-refractivity contribution < 1.29 is 19.1 Å². The first kappa shape index (κ1) is 20.0. The standard InChI is InChI=1S/C25H25NO4/c1-6-26-14-16(17-9-7-8-10-19(17)26)13-21-22(27)18-11-12-20(15(2)23(18)29-21)30-24(28)25(3,4)5/h7-14H,6H2,1-5H3/b21-13+. The second-order valence-electron chi connectivity index (χ2n) is 8.53. The Morgan fingerprint density at radius 1 is 1.17 bits per heavy atom. The topological polar surface area (TPSA) is 57.5 Å². The van der Waals surface area contributed by atoms with Gasteiger partial charge in [-0.25, -0.2) is 0 Å². The van der Waals surface area contributed by atoms with Gasteiger partial charge in [0.2, 0.25) is 5.78 Å². The van der Waals surface area contributed by atoms with E-state index in [1.54, 1.807) is 45.9 Å². The van der Waals surface area contributed by atoms with Crippen LogP contribution < -0.4 is 9.47 Å². The third-order valence-corrected chi connectivity index (χ3v) is 5.30. The zero-order chi connectivity index (χ0) is 21.6. The molecule has 154 valence electrons. The minimum atomic E-state index is -0.624. The van der Waals surface area contributed by atoms with E-state index in [2.05, 4.69) is 17.6 Å². The molecule has 0 saturated carbocycles. The molecule has 0 bridgehead atoms. The normalized spacial score (nSPS) is 14.8. The summed E-state index contributed by atoms with van der Waals surface area (Å²) in [5.41, 5.74) is 2.54. The maximum atomic E-state index is 13.0. The largest absolute Gasteiger partial charge is 0.452 e. The second kappa shape index (κ2) is 7.17. The lowest BCUT2D eigenvalue weighted by molar-refractivity contribution is -0.143. The summed E-state index contributed by atoms with van der Waals surface area (Å²) in [5, 5.41) is 1.07. The lowest BCUT2D eigenvalue weighted by Crippen LogP contribution is -2.25. The Kier molecular flexibility index (Phi) is 4.77. The maximum Gasteiger partial charge on any atom is 0.316 e. The molecule has 5 nitrogen and oxygen atoms in total. The van der Waals surface area contributed by atoms with Crippen LogP contribution in [0.15, 0.2) is 48.4 Å². The molecular formula is C25H25NO4. The first-order chi connectivity index (χ1) is 14.2. The highest BCUT2D eigenvalue weighted by Gasteiger charge is 2.32. The third-order valence-electron chi connectivity index (χ3n) is 5.30. The van der Waals surface area contributed by atoms with Crippen LogP contribution in [0, 0.1) is 12.3 Å². The highest BCUT2D eigenvalue weighted by molar-refractivity contribution is 6.15. The maximum absolute atomic E-state index is 13.0. The van der Waals surface area contributed by atoms with E-state index in [1.165, 1.54) is 0 Å². The number of allylic oxidation sites excluding steroid dienone is 1. The SMILES string of the molecule is CCn1cc(/C=C2/Oc3c(ccc(OC(=O)C(C)(C)C)c3C)C2=O)c2ccccc21. The van der Waals surface area contributed by atoms with Crippen molar-refractivity contribution in [3.63, 3.8) is 0 Å². The summed E-state index contributed by atoms with van der Waals surface area (Å²) in [6, 6.07) is 11.4. The fourth-order valence-electron chi connectivity index (χ4n) is 3.52. The number of carbonyl (C=O) groups is 2. The fourth-order valence-corrected chi connectivity index (χ4v) is 3.52. The highest BCUT2D eigenvalue weighted by atomic mass is 16.5.